The van der Waals surface area contributed by atoms with E-state index in [1.807, 2.05) is 0 Å². The number of halogens is 1. The van der Waals surface area contributed by atoms with Gasteiger partial charge >= 0.3 is 0 Å². The Bertz CT molecular complexity index is 1090. The second kappa shape index (κ2) is 8.46. The fourth-order valence-corrected chi connectivity index (χ4v) is 4.41. The number of rotatable bonds is 7. The monoisotopic (exact) mass is 438 g/mol. The molecule has 0 bridgehead atoms. The van der Waals surface area contributed by atoms with Crippen molar-refractivity contribution in [2.45, 2.75) is 11.4 Å². The number of benzene rings is 2. The Kier molecular flexibility index (Phi) is 6.02. The highest BCUT2D eigenvalue weighted by Crippen LogP contribution is 2.27. The molecular formula is C17H15ClN4O4S2. The van der Waals surface area contributed by atoms with Crippen molar-refractivity contribution < 1.29 is 18.7 Å². The number of anilines is 2. The van der Waals surface area contributed by atoms with E-state index in [0.29, 0.717) is 21.4 Å². The maximum atomic E-state index is 12.3. The molecule has 0 saturated carbocycles. The quantitative estimate of drug-likeness (QED) is 0.253. The number of nitrogens with one attached hydrogen (secondary N) is 2. The summed E-state index contributed by atoms with van der Waals surface area (Å²) in [5.74, 6) is -0.0680. The van der Waals surface area contributed by atoms with Gasteiger partial charge in [0, 0.05) is 40.0 Å². The van der Waals surface area contributed by atoms with E-state index in [1.54, 1.807) is 23.6 Å². The second-order valence-electron chi connectivity index (χ2n) is 5.57. The maximum Gasteiger partial charge on any atom is 0.263 e. The molecular weight excluding hydrogens is 424 g/mol. The van der Waals surface area contributed by atoms with Crippen LogP contribution in [0.4, 0.5) is 10.8 Å². The van der Waals surface area contributed by atoms with Gasteiger partial charge in [-0.05, 0) is 36.4 Å². The maximum absolute atomic E-state index is 12.3. The fraction of sp³-hybridized carbons (Fsp3) is 0.0588. The van der Waals surface area contributed by atoms with Crippen LogP contribution in [0.5, 0.6) is 5.75 Å². The van der Waals surface area contributed by atoms with Crippen LogP contribution in [-0.4, -0.2) is 29.9 Å². The van der Waals surface area contributed by atoms with E-state index in [2.05, 4.69) is 20.2 Å². The van der Waals surface area contributed by atoms with Crippen molar-refractivity contribution in [2.24, 2.45) is 5.16 Å². The first-order valence-corrected chi connectivity index (χ1v) is 10.6. The van der Waals surface area contributed by atoms with E-state index in [-0.39, 0.29) is 22.8 Å². The third-order valence-electron chi connectivity index (χ3n) is 3.68. The smallest absolute Gasteiger partial charge is 0.263 e. The molecule has 0 fully saturated rings. The molecule has 3 aromatic rings. The molecule has 4 N–H and O–H groups in total. The molecule has 28 heavy (non-hydrogen) atoms. The molecule has 1 aromatic heterocycles. The van der Waals surface area contributed by atoms with Crippen molar-refractivity contribution in [2.75, 3.05) is 10.0 Å². The molecule has 2 aromatic carbocycles. The standard InChI is InChI=1S/C17H15ClN4O4S2/c18-13-7-11(16(23)12(8-13)10-21-24)9-20-14-1-3-15(4-2-14)28(25,26)22-17-19-5-6-27-17/h1-8,10,20,23-24H,9H2,(H,19,22)/b21-10+. The number of thiazole rings is 1. The minimum Gasteiger partial charge on any atom is -0.507 e. The molecule has 3 rings (SSSR count). The van der Waals surface area contributed by atoms with Crippen LogP contribution in [0.2, 0.25) is 5.02 Å². The summed E-state index contributed by atoms with van der Waals surface area (Å²) in [6, 6.07) is 9.17. The minimum atomic E-state index is -3.72. The number of phenolic OH excluding ortho intramolecular Hbond substituents is 1. The highest BCUT2D eigenvalue weighted by atomic mass is 35.5. The lowest BCUT2D eigenvalue weighted by atomic mass is 10.1. The lowest BCUT2D eigenvalue weighted by molar-refractivity contribution is 0.321. The molecule has 0 aliphatic carbocycles. The van der Waals surface area contributed by atoms with Gasteiger partial charge < -0.3 is 15.6 Å². The zero-order valence-electron chi connectivity index (χ0n) is 14.2. The van der Waals surface area contributed by atoms with Crippen molar-refractivity contribution in [3.05, 3.63) is 64.1 Å². The summed E-state index contributed by atoms with van der Waals surface area (Å²) in [6.45, 7) is 0.224. The fourth-order valence-electron chi connectivity index (χ4n) is 2.37. The Morgan fingerprint density at radius 1 is 1.25 bits per heavy atom. The van der Waals surface area contributed by atoms with Crippen LogP contribution in [0.3, 0.4) is 0 Å². The van der Waals surface area contributed by atoms with Crippen LogP contribution in [-0.2, 0) is 16.6 Å². The Morgan fingerprint density at radius 2 is 2.00 bits per heavy atom. The van der Waals surface area contributed by atoms with Gasteiger partial charge in [0.05, 0.1) is 11.1 Å². The topological polar surface area (TPSA) is 124 Å². The van der Waals surface area contributed by atoms with Gasteiger partial charge in [-0.3, -0.25) is 4.72 Å². The Hall–Kier alpha value is -2.82. The first kappa shape index (κ1) is 19.9. The molecule has 0 saturated heterocycles. The highest BCUT2D eigenvalue weighted by molar-refractivity contribution is 7.93. The zero-order valence-corrected chi connectivity index (χ0v) is 16.6. The number of hydrogen-bond acceptors (Lipinski definition) is 8. The van der Waals surface area contributed by atoms with Crippen molar-refractivity contribution >= 4 is 50.0 Å². The molecule has 11 heteroatoms. The van der Waals surface area contributed by atoms with Gasteiger partial charge in [-0.15, -0.1) is 11.3 Å². The van der Waals surface area contributed by atoms with E-state index >= 15 is 0 Å². The van der Waals surface area contributed by atoms with Gasteiger partial charge in [0.25, 0.3) is 10.0 Å². The molecule has 0 aliphatic heterocycles. The summed E-state index contributed by atoms with van der Waals surface area (Å²) in [5.41, 5.74) is 1.41. The average Bonchev–Trinajstić information content (AvgIpc) is 3.16. The summed E-state index contributed by atoms with van der Waals surface area (Å²) in [4.78, 5) is 4.00. The van der Waals surface area contributed by atoms with Crippen LogP contribution in [0.15, 0.2) is 58.0 Å². The van der Waals surface area contributed by atoms with Crippen molar-refractivity contribution in [3.8, 4) is 5.75 Å². The molecule has 1 heterocycles. The summed E-state index contributed by atoms with van der Waals surface area (Å²) in [7, 11) is -3.72. The third kappa shape index (κ3) is 4.71. The number of sulfonamides is 1. The predicted molar refractivity (Wildman–Crippen MR) is 109 cm³/mol. The molecule has 8 nitrogen and oxygen atoms in total. The van der Waals surface area contributed by atoms with E-state index in [9.17, 15) is 13.5 Å². The summed E-state index contributed by atoms with van der Waals surface area (Å²) in [5, 5.41) is 27.2. The van der Waals surface area contributed by atoms with Crippen LogP contribution < -0.4 is 10.0 Å². The molecule has 0 amide bonds. The van der Waals surface area contributed by atoms with Gasteiger partial charge in [-0.2, -0.15) is 0 Å². The van der Waals surface area contributed by atoms with Crippen molar-refractivity contribution in [1.29, 1.82) is 0 Å². The number of phenols is 1. The minimum absolute atomic E-state index is 0.0680. The van der Waals surface area contributed by atoms with Crippen molar-refractivity contribution in [3.63, 3.8) is 0 Å². The lowest BCUT2D eigenvalue weighted by Gasteiger charge is -2.11. The van der Waals surface area contributed by atoms with Gasteiger partial charge in [-0.1, -0.05) is 16.8 Å². The van der Waals surface area contributed by atoms with E-state index in [0.717, 1.165) is 6.21 Å². The van der Waals surface area contributed by atoms with Gasteiger partial charge in [0.15, 0.2) is 5.13 Å². The summed E-state index contributed by atoms with van der Waals surface area (Å²) >= 11 is 7.20. The summed E-state index contributed by atoms with van der Waals surface area (Å²) in [6.07, 6.45) is 2.60. The summed E-state index contributed by atoms with van der Waals surface area (Å²) < 4.78 is 27.1. The third-order valence-corrected chi connectivity index (χ3v) is 6.07. The SMILES string of the molecule is O=S(=O)(Nc1nccs1)c1ccc(NCc2cc(Cl)cc(/C=N/O)c2O)cc1. The highest BCUT2D eigenvalue weighted by Gasteiger charge is 2.15. The van der Waals surface area contributed by atoms with Crippen LogP contribution in [0.25, 0.3) is 0 Å². The molecule has 0 unspecified atom stereocenters. The van der Waals surface area contributed by atoms with Crippen LogP contribution in [0, 0.1) is 0 Å². The molecule has 0 spiro atoms. The normalized spacial score (nSPS) is 11.6. The number of oxime groups is 1. The number of hydrogen-bond donors (Lipinski definition) is 4. The number of nitrogens with zero attached hydrogens (tertiary/aromatic N) is 2. The zero-order chi connectivity index (χ0) is 20.1. The van der Waals surface area contributed by atoms with E-state index < -0.39 is 10.0 Å². The Labute approximate surface area is 170 Å². The molecule has 146 valence electrons. The largest absolute Gasteiger partial charge is 0.507 e. The van der Waals surface area contributed by atoms with Gasteiger partial charge in [-0.25, -0.2) is 13.4 Å². The first-order valence-electron chi connectivity index (χ1n) is 7.84. The predicted octanol–water partition coefficient (Wildman–Crippen LogP) is 3.72. The number of aromatic hydroxyl groups is 1. The Morgan fingerprint density at radius 3 is 2.64 bits per heavy atom. The molecule has 0 radical (unpaired) electrons. The lowest BCUT2D eigenvalue weighted by Crippen LogP contribution is -2.12. The number of aromatic nitrogens is 1. The van der Waals surface area contributed by atoms with Crippen LogP contribution >= 0.6 is 22.9 Å². The van der Waals surface area contributed by atoms with Gasteiger partial charge in [0.1, 0.15) is 5.75 Å². The Balaban J connectivity index is 1.72. The molecule has 0 aliphatic rings. The first-order chi connectivity index (χ1) is 13.4. The molecule has 0 atom stereocenters. The average molecular weight is 439 g/mol. The van der Waals surface area contributed by atoms with E-state index in [1.165, 1.54) is 35.7 Å². The van der Waals surface area contributed by atoms with Crippen LogP contribution in [0.1, 0.15) is 11.1 Å². The van der Waals surface area contributed by atoms with Crippen molar-refractivity contribution in [1.82, 2.24) is 4.98 Å². The van der Waals surface area contributed by atoms with E-state index in [4.69, 9.17) is 16.8 Å². The second-order valence-corrected chi connectivity index (χ2v) is 8.58. The van der Waals surface area contributed by atoms with Gasteiger partial charge in [0.2, 0.25) is 0 Å².